The van der Waals surface area contributed by atoms with Crippen molar-refractivity contribution in [3.63, 3.8) is 0 Å². The predicted molar refractivity (Wildman–Crippen MR) is 250 cm³/mol. The molecule has 0 aliphatic heterocycles. The summed E-state index contributed by atoms with van der Waals surface area (Å²) in [6, 6.07) is 79.2. The molecule has 0 aliphatic rings. The van der Waals surface area contributed by atoms with E-state index in [0.717, 1.165) is 89.0 Å². The van der Waals surface area contributed by atoms with Crippen molar-refractivity contribution >= 4 is 32.4 Å². The fraction of sp³-hybridized carbons (Fsp3) is 0. The highest BCUT2D eigenvalue weighted by atomic mass is 14.9. The quantitative estimate of drug-likeness (QED) is 0.152. The molecule has 0 bridgehead atoms. The molecule has 0 atom stereocenters. The second kappa shape index (κ2) is 15.1. The van der Waals surface area contributed by atoms with Gasteiger partial charge in [0.1, 0.15) is 0 Å². The molecule has 2 aromatic heterocycles. The highest BCUT2D eigenvalue weighted by Gasteiger charge is 2.17. The number of pyridine rings is 1. The second-order valence-corrected chi connectivity index (χ2v) is 15.2. The minimum atomic E-state index is 0.694. The highest BCUT2D eigenvalue weighted by Crippen LogP contribution is 2.41. The van der Waals surface area contributed by atoms with Crippen molar-refractivity contribution in [1.82, 2.24) is 15.0 Å². The highest BCUT2D eigenvalue weighted by molar-refractivity contribution is 6.24. The van der Waals surface area contributed by atoms with E-state index in [1.807, 2.05) is 12.1 Å². The van der Waals surface area contributed by atoms with Crippen LogP contribution in [0.1, 0.15) is 0 Å². The topological polar surface area (TPSA) is 38.7 Å². The number of hydrogen-bond acceptors (Lipinski definition) is 3. The van der Waals surface area contributed by atoms with Crippen LogP contribution in [0.5, 0.6) is 0 Å². The summed E-state index contributed by atoms with van der Waals surface area (Å²) in [5, 5.41) is 5.97. The molecule has 0 saturated heterocycles. The molecule has 3 nitrogen and oxygen atoms in total. The van der Waals surface area contributed by atoms with Crippen LogP contribution < -0.4 is 0 Å². The monoisotopic (exact) mass is 763 g/mol. The van der Waals surface area contributed by atoms with Crippen LogP contribution in [0.3, 0.4) is 0 Å². The van der Waals surface area contributed by atoms with Gasteiger partial charge in [-0.05, 0) is 56.8 Å². The molecular formula is C57H37N3. The van der Waals surface area contributed by atoms with E-state index in [1.54, 1.807) is 0 Å². The molecule has 0 fully saturated rings. The van der Waals surface area contributed by atoms with Crippen molar-refractivity contribution in [3.05, 3.63) is 224 Å². The average molecular weight is 764 g/mol. The van der Waals surface area contributed by atoms with Crippen LogP contribution in [-0.4, -0.2) is 15.0 Å². The van der Waals surface area contributed by atoms with Crippen molar-refractivity contribution < 1.29 is 0 Å². The van der Waals surface area contributed by atoms with Gasteiger partial charge in [0, 0.05) is 44.0 Å². The van der Waals surface area contributed by atoms with E-state index in [0.29, 0.717) is 5.82 Å². The van der Waals surface area contributed by atoms with Crippen molar-refractivity contribution in [3.8, 4) is 78.5 Å². The molecule has 0 saturated carbocycles. The molecule has 0 radical (unpaired) electrons. The van der Waals surface area contributed by atoms with Crippen molar-refractivity contribution in [2.75, 3.05) is 0 Å². The van der Waals surface area contributed by atoms with Crippen LogP contribution in [0.4, 0.5) is 0 Å². The Labute approximate surface area is 349 Å². The predicted octanol–water partition coefficient (Wildman–Crippen LogP) is 15.0. The Morgan fingerprint density at radius 2 is 0.767 bits per heavy atom. The van der Waals surface area contributed by atoms with Crippen molar-refractivity contribution in [1.29, 1.82) is 0 Å². The van der Waals surface area contributed by atoms with Crippen LogP contribution in [0.25, 0.3) is 111 Å². The summed E-state index contributed by atoms with van der Waals surface area (Å²) in [6.07, 6.45) is 0. The van der Waals surface area contributed by atoms with E-state index in [4.69, 9.17) is 15.0 Å². The van der Waals surface area contributed by atoms with Gasteiger partial charge in [0.15, 0.2) is 5.82 Å². The minimum absolute atomic E-state index is 0.694. The first-order chi connectivity index (χ1) is 29.7. The molecule has 0 N–H and O–H groups in total. The number of para-hydroxylation sites is 1. The van der Waals surface area contributed by atoms with Gasteiger partial charge < -0.3 is 0 Å². The normalized spacial score (nSPS) is 11.3. The SMILES string of the molecule is c1ccc(-c2cccc(-c3nc(-c4ccccc4)cc(-c4ccc(-c5cccc(-c6nc7c(-c8ccccc8)cccc7c7c6ccc6ccccc67)c5)cc4)n3)c2)cc1. The summed E-state index contributed by atoms with van der Waals surface area (Å²) < 4.78 is 0. The van der Waals surface area contributed by atoms with Gasteiger partial charge in [0.25, 0.3) is 0 Å². The van der Waals surface area contributed by atoms with Gasteiger partial charge in [-0.1, -0.05) is 206 Å². The lowest BCUT2D eigenvalue weighted by Gasteiger charge is -2.16. The first-order valence-corrected chi connectivity index (χ1v) is 20.3. The third kappa shape index (κ3) is 6.49. The van der Waals surface area contributed by atoms with Gasteiger partial charge in [0.05, 0.1) is 22.6 Å². The number of rotatable bonds is 7. The maximum absolute atomic E-state index is 5.52. The molecule has 9 aromatic carbocycles. The summed E-state index contributed by atoms with van der Waals surface area (Å²) in [5.74, 6) is 0.694. The molecule has 11 aromatic rings. The maximum atomic E-state index is 5.52. The molecule has 0 aliphatic carbocycles. The Morgan fingerprint density at radius 1 is 0.267 bits per heavy atom. The molecule has 11 rings (SSSR count). The van der Waals surface area contributed by atoms with E-state index < -0.39 is 0 Å². The first kappa shape index (κ1) is 35.2. The fourth-order valence-electron chi connectivity index (χ4n) is 8.50. The standard InChI is InChI=1S/C57H37N3/c1-4-15-38(16-5-1)45-23-13-25-47(36-45)57-58-52(42-20-8-3-9-21-42)37-53(59-57)43-31-29-39(30-32-43)44-22-12-24-46(35-44)55-51-34-33-41-19-10-11-26-48(41)54(51)50-28-14-27-49(56(50)60-55)40-17-6-2-7-18-40/h1-37H. The van der Waals surface area contributed by atoms with Gasteiger partial charge in [-0.15, -0.1) is 0 Å². The van der Waals surface area contributed by atoms with Gasteiger partial charge in [0.2, 0.25) is 0 Å². The van der Waals surface area contributed by atoms with Gasteiger partial charge in [-0.3, -0.25) is 0 Å². The largest absolute Gasteiger partial charge is 0.246 e. The lowest BCUT2D eigenvalue weighted by Crippen LogP contribution is -1.96. The van der Waals surface area contributed by atoms with Gasteiger partial charge in [-0.25, -0.2) is 15.0 Å². The van der Waals surface area contributed by atoms with E-state index in [2.05, 4.69) is 212 Å². The second-order valence-electron chi connectivity index (χ2n) is 15.2. The van der Waals surface area contributed by atoms with E-state index in [1.165, 1.54) is 16.2 Å². The number of aromatic nitrogens is 3. The molecule has 60 heavy (non-hydrogen) atoms. The molecule has 0 unspecified atom stereocenters. The summed E-state index contributed by atoms with van der Waals surface area (Å²) in [4.78, 5) is 15.8. The number of fused-ring (bicyclic) bond motifs is 5. The molecule has 0 spiro atoms. The van der Waals surface area contributed by atoms with Crippen LogP contribution >= 0.6 is 0 Å². The Morgan fingerprint density at radius 3 is 1.48 bits per heavy atom. The molecule has 0 amide bonds. The first-order valence-electron chi connectivity index (χ1n) is 20.3. The van der Waals surface area contributed by atoms with Crippen LogP contribution in [-0.2, 0) is 0 Å². The lowest BCUT2D eigenvalue weighted by molar-refractivity contribution is 1.18. The Kier molecular flexibility index (Phi) is 8.83. The van der Waals surface area contributed by atoms with Crippen LogP contribution in [0.15, 0.2) is 224 Å². The zero-order chi connectivity index (χ0) is 39.8. The summed E-state index contributed by atoms with van der Waals surface area (Å²) in [7, 11) is 0. The molecule has 2 heterocycles. The van der Waals surface area contributed by atoms with E-state index in [-0.39, 0.29) is 0 Å². The average Bonchev–Trinajstić information content (AvgIpc) is 3.34. The summed E-state index contributed by atoms with van der Waals surface area (Å²) in [6.45, 7) is 0. The smallest absolute Gasteiger partial charge is 0.160 e. The molecule has 3 heteroatoms. The van der Waals surface area contributed by atoms with Crippen LogP contribution in [0.2, 0.25) is 0 Å². The Balaban J connectivity index is 1.01. The van der Waals surface area contributed by atoms with E-state index in [9.17, 15) is 0 Å². The maximum Gasteiger partial charge on any atom is 0.160 e. The van der Waals surface area contributed by atoms with Crippen molar-refractivity contribution in [2.24, 2.45) is 0 Å². The summed E-state index contributed by atoms with van der Waals surface area (Å²) >= 11 is 0. The van der Waals surface area contributed by atoms with Gasteiger partial charge in [-0.2, -0.15) is 0 Å². The Hall–Kier alpha value is -8.01. The molecular weight excluding hydrogens is 727 g/mol. The lowest BCUT2D eigenvalue weighted by atomic mass is 9.92. The minimum Gasteiger partial charge on any atom is -0.246 e. The van der Waals surface area contributed by atoms with Crippen molar-refractivity contribution in [2.45, 2.75) is 0 Å². The number of hydrogen-bond donors (Lipinski definition) is 0. The van der Waals surface area contributed by atoms with Crippen LogP contribution in [0, 0.1) is 0 Å². The molecule has 280 valence electrons. The fourth-order valence-corrected chi connectivity index (χ4v) is 8.50. The zero-order valence-electron chi connectivity index (χ0n) is 32.7. The zero-order valence-corrected chi connectivity index (χ0v) is 32.7. The van der Waals surface area contributed by atoms with E-state index >= 15 is 0 Å². The Bertz CT molecular complexity index is 3340. The number of benzene rings is 9. The summed E-state index contributed by atoms with van der Waals surface area (Å²) in [5.41, 5.74) is 14.7. The third-order valence-electron chi connectivity index (χ3n) is 11.5. The third-order valence-corrected chi connectivity index (χ3v) is 11.5. The van der Waals surface area contributed by atoms with Gasteiger partial charge >= 0.3 is 0 Å². The number of nitrogens with zero attached hydrogens (tertiary/aromatic N) is 3.